The highest BCUT2D eigenvalue weighted by atomic mass is 35.5. The van der Waals surface area contributed by atoms with Gasteiger partial charge in [0.25, 0.3) is 0 Å². The van der Waals surface area contributed by atoms with E-state index < -0.39 is 33.0 Å². The number of carbonyl (C=O) groups excluding carboxylic acids is 1. The second kappa shape index (κ2) is 12.3. The minimum Gasteiger partial charge on any atom is -0.370 e. The van der Waals surface area contributed by atoms with Gasteiger partial charge in [-0.25, -0.2) is 23.2 Å². The Morgan fingerprint density at radius 2 is 1.94 bits per heavy atom. The van der Waals surface area contributed by atoms with Gasteiger partial charge >= 0.3 is 0 Å². The van der Waals surface area contributed by atoms with Crippen molar-refractivity contribution < 1.29 is 22.3 Å². The van der Waals surface area contributed by atoms with Crippen LogP contribution in [0.3, 0.4) is 0 Å². The van der Waals surface area contributed by atoms with Crippen molar-refractivity contribution in [2.24, 2.45) is 5.92 Å². The number of hydrogen-bond acceptors (Lipinski definition) is 7. The van der Waals surface area contributed by atoms with E-state index in [4.69, 9.17) is 27.9 Å². The van der Waals surface area contributed by atoms with Gasteiger partial charge in [0.2, 0.25) is 15.9 Å². The third-order valence-electron chi connectivity index (χ3n) is 8.11. The molecule has 2 heterocycles. The fraction of sp³-hybridized carbons (Fsp3) is 0.957. The molecule has 4 fully saturated rings. The Balaban J connectivity index is 1.48. The van der Waals surface area contributed by atoms with E-state index in [1.165, 1.54) is 6.92 Å². The minimum absolute atomic E-state index is 0.0399. The summed E-state index contributed by atoms with van der Waals surface area (Å²) in [6.45, 7) is 5.20. The number of halogens is 3. The molecule has 0 aromatic rings. The molecule has 2 aliphatic carbocycles. The first-order chi connectivity index (χ1) is 17.1. The Kier molecular flexibility index (Phi) is 9.80. The number of morpholine rings is 1. The number of carbonyl (C=O) groups is 1. The lowest BCUT2D eigenvalue weighted by Gasteiger charge is -2.48. The zero-order valence-corrected chi connectivity index (χ0v) is 23.4. The lowest BCUT2D eigenvalue weighted by atomic mass is 9.84. The van der Waals surface area contributed by atoms with Crippen LogP contribution in [-0.2, 0) is 19.6 Å². The lowest BCUT2D eigenvalue weighted by molar-refractivity contribution is -0.125. The molecule has 8 unspecified atom stereocenters. The van der Waals surface area contributed by atoms with E-state index in [9.17, 15) is 17.6 Å². The predicted molar refractivity (Wildman–Crippen MR) is 138 cm³/mol. The third-order valence-corrected chi connectivity index (χ3v) is 11.5. The summed E-state index contributed by atoms with van der Waals surface area (Å²) < 4.78 is 50.2. The van der Waals surface area contributed by atoms with Crippen molar-refractivity contribution in [1.29, 1.82) is 0 Å². The first-order valence-electron chi connectivity index (χ1n) is 13.2. The average molecular weight is 573 g/mol. The number of hydrazine groups is 1. The van der Waals surface area contributed by atoms with E-state index in [1.54, 1.807) is 4.31 Å². The fourth-order valence-corrected chi connectivity index (χ4v) is 9.10. The highest BCUT2D eigenvalue weighted by Gasteiger charge is 2.51. The van der Waals surface area contributed by atoms with Gasteiger partial charge < -0.3 is 15.4 Å². The SMILES string of the molecule is CCN1CC(S(=O)(=O)N2C[C@H](CNC(C)=O)OC3CCC(NCC4C(F)CCCC4Cl)CC32)C(Cl)N1. The van der Waals surface area contributed by atoms with Gasteiger partial charge in [0.15, 0.2) is 0 Å². The molecule has 0 aromatic heterocycles. The van der Waals surface area contributed by atoms with Crippen LogP contribution in [0.25, 0.3) is 0 Å². The maximum atomic E-state index is 14.5. The van der Waals surface area contributed by atoms with Crippen molar-refractivity contribution in [3.8, 4) is 0 Å². The molecule has 1 amide bonds. The van der Waals surface area contributed by atoms with Crippen molar-refractivity contribution >= 4 is 39.1 Å². The summed E-state index contributed by atoms with van der Waals surface area (Å²) in [5, 5.41) is 7.10. The number of amides is 1. The average Bonchev–Trinajstić information content (AvgIpc) is 3.23. The van der Waals surface area contributed by atoms with Crippen LogP contribution in [0.4, 0.5) is 4.39 Å². The number of sulfonamides is 1. The molecule has 4 aliphatic rings. The first kappa shape index (κ1) is 28.7. The van der Waals surface area contributed by atoms with E-state index in [0.29, 0.717) is 38.9 Å². The second-order valence-electron chi connectivity index (χ2n) is 10.6. The molecule has 2 aliphatic heterocycles. The van der Waals surface area contributed by atoms with E-state index in [-0.39, 0.29) is 48.5 Å². The smallest absolute Gasteiger partial charge is 0.221 e. The number of fused-ring (bicyclic) bond motifs is 1. The molecular weight excluding hydrogens is 532 g/mol. The van der Waals surface area contributed by atoms with Crippen LogP contribution in [0.5, 0.6) is 0 Å². The molecule has 9 atom stereocenters. The first-order valence-corrected chi connectivity index (χ1v) is 15.5. The number of alkyl halides is 3. The Hall–Kier alpha value is -0.270. The van der Waals surface area contributed by atoms with Crippen LogP contribution in [0.1, 0.15) is 52.4 Å². The summed E-state index contributed by atoms with van der Waals surface area (Å²) in [7, 11) is -3.78. The molecule has 13 heteroatoms. The maximum absolute atomic E-state index is 14.5. The predicted octanol–water partition coefficient (Wildman–Crippen LogP) is 1.55. The number of rotatable bonds is 8. The minimum atomic E-state index is -3.78. The summed E-state index contributed by atoms with van der Waals surface area (Å²) in [5.41, 5.74) is 2.31. The maximum Gasteiger partial charge on any atom is 0.221 e. The van der Waals surface area contributed by atoms with Gasteiger partial charge in [-0.05, 0) is 38.5 Å². The monoisotopic (exact) mass is 571 g/mol. The van der Waals surface area contributed by atoms with Crippen molar-refractivity contribution in [2.45, 2.75) is 99.0 Å². The van der Waals surface area contributed by atoms with Crippen LogP contribution < -0.4 is 16.1 Å². The number of nitrogens with zero attached hydrogens (tertiary/aromatic N) is 2. The van der Waals surface area contributed by atoms with E-state index in [0.717, 1.165) is 19.3 Å². The summed E-state index contributed by atoms with van der Waals surface area (Å²) >= 11 is 12.9. The molecule has 0 spiro atoms. The number of nitrogens with one attached hydrogen (secondary N) is 3. The molecule has 208 valence electrons. The quantitative estimate of drug-likeness (QED) is 0.300. The fourth-order valence-electron chi connectivity index (χ4n) is 6.04. The normalized spacial score (nSPS) is 40.6. The number of ether oxygens (including phenoxy) is 1. The topological polar surface area (TPSA) is 103 Å². The van der Waals surface area contributed by atoms with Crippen molar-refractivity contribution in [1.82, 2.24) is 25.4 Å². The molecule has 9 nitrogen and oxygen atoms in total. The van der Waals surface area contributed by atoms with Crippen molar-refractivity contribution in [3.05, 3.63) is 0 Å². The van der Waals surface area contributed by atoms with Gasteiger partial charge in [-0.1, -0.05) is 6.92 Å². The zero-order chi connectivity index (χ0) is 26.0. The van der Waals surface area contributed by atoms with E-state index in [2.05, 4.69) is 16.1 Å². The lowest BCUT2D eigenvalue weighted by Crippen LogP contribution is -2.64. The number of hydrogen-bond donors (Lipinski definition) is 3. The summed E-state index contributed by atoms with van der Waals surface area (Å²) in [6, 6.07) is -0.313. The van der Waals surface area contributed by atoms with Crippen LogP contribution in [0.15, 0.2) is 0 Å². The molecule has 0 bridgehead atoms. The Bertz CT molecular complexity index is 863. The van der Waals surface area contributed by atoms with E-state index in [1.807, 2.05) is 11.9 Å². The Labute approximate surface area is 224 Å². The molecule has 4 rings (SSSR count). The highest BCUT2D eigenvalue weighted by molar-refractivity contribution is 7.89. The molecule has 0 aromatic carbocycles. The Morgan fingerprint density at radius 1 is 1.17 bits per heavy atom. The van der Waals surface area contributed by atoms with Crippen molar-refractivity contribution in [3.63, 3.8) is 0 Å². The molecular formula is C23H40Cl2FN5O4S. The second-order valence-corrected chi connectivity index (χ2v) is 13.7. The van der Waals surface area contributed by atoms with Gasteiger partial charge in [-0.15, -0.1) is 23.2 Å². The summed E-state index contributed by atoms with van der Waals surface area (Å²) in [5.74, 6) is -0.418. The van der Waals surface area contributed by atoms with Gasteiger partial charge in [-0.3, -0.25) is 4.79 Å². The zero-order valence-electron chi connectivity index (χ0n) is 21.0. The van der Waals surface area contributed by atoms with Gasteiger partial charge in [-0.2, -0.15) is 4.31 Å². The summed E-state index contributed by atoms with van der Waals surface area (Å²) in [6.07, 6.45) is 2.60. The van der Waals surface area contributed by atoms with Gasteiger partial charge in [0, 0.05) is 57.0 Å². The largest absolute Gasteiger partial charge is 0.370 e. The van der Waals surface area contributed by atoms with Gasteiger partial charge in [0.05, 0.1) is 18.2 Å². The highest BCUT2D eigenvalue weighted by Crippen LogP contribution is 2.36. The molecule has 2 saturated heterocycles. The Morgan fingerprint density at radius 3 is 2.61 bits per heavy atom. The standard InChI is InChI=1S/C23H40Cl2FN5O4S/c1-3-30-13-22(23(25)29-30)36(33,34)31-12-16(10-27-14(2)32)35-21-8-7-15(9-20(21)31)28-11-17-18(24)5-4-6-19(17)26/h15-23,28-29H,3-13H2,1-2H3,(H,27,32)/t15?,16-,17?,18?,19?,20?,21?,22?,23?/m0/s1. The van der Waals surface area contributed by atoms with Crippen LogP contribution >= 0.6 is 23.2 Å². The molecule has 36 heavy (non-hydrogen) atoms. The molecule has 2 saturated carbocycles. The van der Waals surface area contributed by atoms with E-state index >= 15 is 0 Å². The van der Waals surface area contributed by atoms with Crippen molar-refractivity contribution in [2.75, 3.05) is 32.7 Å². The van der Waals surface area contributed by atoms with Crippen LogP contribution in [-0.4, -0.2) is 103 Å². The van der Waals surface area contributed by atoms with Gasteiger partial charge in [0.1, 0.15) is 16.9 Å². The summed E-state index contributed by atoms with van der Waals surface area (Å²) in [4.78, 5) is 11.5. The van der Waals surface area contributed by atoms with Crippen LogP contribution in [0, 0.1) is 5.92 Å². The third kappa shape index (κ3) is 6.47. The molecule has 3 N–H and O–H groups in total. The molecule has 0 radical (unpaired) electrons. The van der Waals surface area contributed by atoms with Crippen LogP contribution in [0.2, 0.25) is 0 Å².